The van der Waals surface area contributed by atoms with Crippen LogP contribution < -0.4 is 0 Å². The van der Waals surface area contributed by atoms with Gasteiger partial charge in [-0.3, -0.25) is 9.59 Å². The van der Waals surface area contributed by atoms with E-state index in [2.05, 4.69) is 111 Å². The van der Waals surface area contributed by atoms with E-state index < -0.39 is 6.10 Å². The van der Waals surface area contributed by atoms with E-state index in [1.807, 2.05) is 0 Å². The SMILES string of the molecule is CC/C=C\C/C=C\C/C=C\C/C=C\CCCCCCC(=O)OC[C@H](CO)OC(=O)CCCCCC/C=C\C/C=C\C/C=C\C/C=C\CC. The maximum Gasteiger partial charge on any atom is 0.306 e. The lowest BCUT2D eigenvalue weighted by Crippen LogP contribution is -2.28. The first kappa shape index (κ1) is 44.8. The smallest absolute Gasteiger partial charge is 0.306 e. The number of aliphatic hydroxyl groups is 1. The third kappa shape index (κ3) is 35.7. The van der Waals surface area contributed by atoms with E-state index in [9.17, 15) is 14.7 Å². The molecule has 0 aromatic heterocycles. The van der Waals surface area contributed by atoms with Crippen LogP contribution in [0.4, 0.5) is 0 Å². The number of rotatable bonds is 32. The highest BCUT2D eigenvalue weighted by atomic mass is 16.6. The standard InChI is InChI=1S/C43H68O5/c1-3-5-7-9-11-13-15-17-19-21-23-25-27-29-31-33-35-37-42(45)47-40-41(39-44)48-43(46)38-36-34-32-30-28-26-24-22-20-18-16-14-12-10-8-6-4-2/h5-8,11-14,17-20,23-26,41,44H,3-4,9-10,15-16,21-22,27-40H2,1-2H3/b7-5-,8-6-,13-11-,14-12-,19-17-,20-18-,25-23-,26-24-/t41-/m0/s1. The van der Waals surface area contributed by atoms with Crippen molar-refractivity contribution in [1.29, 1.82) is 0 Å². The zero-order valence-corrected chi connectivity index (χ0v) is 30.5. The maximum atomic E-state index is 12.2. The Morgan fingerprint density at radius 2 is 0.833 bits per heavy atom. The van der Waals surface area contributed by atoms with Crippen molar-refractivity contribution in [2.24, 2.45) is 0 Å². The molecule has 0 amide bonds. The van der Waals surface area contributed by atoms with Crippen LogP contribution in [0.2, 0.25) is 0 Å². The lowest BCUT2D eigenvalue weighted by atomic mass is 10.1. The monoisotopic (exact) mass is 665 g/mol. The lowest BCUT2D eigenvalue weighted by molar-refractivity contribution is -0.161. The second-order valence-electron chi connectivity index (χ2n) is 11.9. The van der Waals surface area contributed by atoms with Gasteiger partial charge in [-0.2, -0.15) is 0 Å². The van der Waals surface area contributed by atoms with E-state index in [-0.39, 0.29) is 25.2 Å². The molecule has 0 bridgehead atoms. The summed E-state index contributed by atoms with van der Waals surface area (Å²) in [5.74, 6) is -0.658. The third-order valence-electron chi connectivity index (χ3n) is 7.37. The minimum atomic E-state index is -0.800. The van der Waals surface area contributed by atoms with Crippen molar-refractivity contribution in [3.63, 3.8) is 0 Å². The average Bonchev–Trinajstić information content (AvgIpc) is 3.09. The number of hydrogen-bond acceptors (Lipinski definition) is 5. The van der Waals surface area contributed by atoms with Crippen LogP contribution in [0.5, 0.6) is 0 Å². The number of hydrogen-bond donors (Lipinski definition) is 1. The van der Waals surface area contributed by atoms with Crippen LogP contribution in [0.1, 0.15) is 142 Å². The van der Waals surface area contributed by atoms with Gasteiger partial charge < -0.3 is 14.6 Å². The Bertz CT molecular complexity index is 979. The van der Waals surface area contributed by atoms with Crippen molar-refractivity contribution in [3.8, 4) is 0 Å². The molecule has 0 aromatic rings. The van der Waals surface area contributed by atoms with Crippen LogP contribution in [-0.4, -0.2) is 36.4 Å². The summed E-state index contributed by atoms with van der Waals surface area (Å²) < 4.78 is 10.6. The van der Waals surface area contributed by atoms with Crippen LogP contribution >= 0.6 is 0 Å². The summed E-state index contributed by atoms with van der Waals surface area (Å²) in [7, 11) is 0. The van der Waals surface area contributed by atoms with Gasteiger partial charge in [-0.05, 0) is 89.9 Å². The molecular weight excluding hydrogens is 596 g/mol. The van der Waals surface area contributed by atoms with E-state index in [0.29, 0.717) is 12.8 Å². The average molecular weight is 665 g/mol. The number of unbranched alkanes of at least 4 members (excludes halogenated alkanes) is 8. The molecule has 1 N–H and O–H groups in total. The normalized spacial score (nSPS) is 13.3. The summed E-state index contributed by atoms with van der Waals surface area (Å²) in [5, 5.41) is 9.54. The Hall–Kier alpha value is -3.18. The molecule has 5 nitrogen and oxygen atoms in total. The van der Waals surface area contributed by atoms with Crippen LogP contribution in [0.15, 0.2) is 97.2 Å². The largest absolute Gasteiger partial charge is 0.462 e. The number of carbonyl (C=O) groups is 2. The first-order valence-corrected chi connectivity index (χ1v) is 18.8. The first-order valence-electron chi connectivity index (χ1n) is 18.8. The summed E-state index contributed by atoms with van der Waals surface area (Å²) in [6.45, 7) is 3.84. The van der Waals surface area contributed by atoms with E-state index in [0.717, 1.165) is 116 Å². The summed E-state index contributed by atoms with van der Waals surface area (Å²) in [4.78, 5) is 24.2. The van der Waals surface area contributed by atoms with Crippen molar-refractivity contribution in [3.05, 3.63) is 97.2 Å². The molecule has 0 spiro atoms. The van der Waals surface area contributed by atoms with E-state index in [1.165, 1.54) is 0 Å². The molecule has 0 radical (unpaired) electrons. The van der Waals surface area contributed by atoms with Gasteiger partial charge in [0.1, 0.15) is 6.61 Å². The highest BCUT2D eigenvalue weighted by Gasteiger charge is 2.16. The topological polar surface area (TPSA) is 72.8 Å². The van der Waals surface area contributed by atoms with Gasteiger partial charge in [0.05, 0.1) is 6.61 Å². The van der Waals surface area contributed by atoms with Crippen molar-refractivity contribution in [2.75, 3.05) is 13.2 Å². The maximum absolute atomic E-state index is 12.2. The van der Waals surface area contributed by atoms with Crippen LogP contribution in [0.3, 0.4) is 0 Å². The lowest BCUT2D eigenvalue weighted by Gasteiger charge is -2.15. The molecule has 0 saturated heterocycles. The molecule has 0 unspecified atom stereocenters. The molecule has 0 saturated carbocycles. The van der Waals surface area contributed by atoms with Crippen molar-refractivity contribution >= 4 is 11.9 Å². The number of ether oxygens (including phenoxy) is 2. The van der Waals surface area contributed by atoms with E-state index in [1.54, 1.807) is 0 Å². The molecule has 0 aliphatic rings. The number of aliphatic hydroxyl groups excluding tert-OH is 1. The highest BCUT2D eigenvalue weighted by Crippen LogP contribution is 2.10. The van der Waals surface area contributed by atoms with Crippen LogP contribution in [0, 0.1) is 0 Å². The second kappa shape index (κ2) is 38.3. The quantitative estimate of drug-likeness (QED) is 0.0440. The predicted molar refractivity (Wildman–Crippen MR) is 205 cm³/mol. The van der Waals surface area contributed by atoms with Gasteiger partial charge in [-0.15, -0.1) is 0 Å². The van der Waals surface area contributed by atoms with Gasteiger partial charge in [-0.1, -0.05) is 137 Å². The molecule has 0 aromatic carbocycles. The Morgan fingerprint density at radius 3 is 1.23 bits per heavy atom. The Balaban J connectivity index is 3.71. The third-order valence-corrected chi connectivity index (χ3v) is 7.37. The molecule has 48 heavy (non-hydrogen) atoms. The van der Waals surface area contributed by atoms with Crippen molar-refractivity contribution in [1.82, 2.24) is 0 Å². The van der Waals surface area contributed by atoms with Gasteiger partial charge in [0.2, 0.25) is 0 Å². The minimum Gasteiger partial charge on any atom is -0.462 e. The van der Waals surface area contributed by atoms with Gasteiger partial charge in [-0.25, -0.2) is 0 Å². The molecular formula is C43H68O5. The molecule has 5 heteroatoms. The highest BCUT2D eigenvalue weighted by molar-refractivity contribution is 5.70. The summed E-state index contributed by atoms with van der Waals surface area (Å²) in [6.07, 6.45) is 53.2. The van der Waals surface area contributed by atoms with Gasteiger partial charge in [0.15, 0.2) is 6.10 Å². The fourth-order valence-corrected chi connectivity index (χ4v) is 4.59. The summed E-state index contributed by atoms with van der Waals surface area (Å²) >= 11 is 0. The Kier molecular flexibility index (Phi) is 35.7. The van der Waals surface area contributed by atoms with E-state index in [4.69, 9.17) is 9.47 Å². The molecule has 1 atom stereocenters. The predicted octanol–water partition coefficient (Wildman–Crippen LogP) is 11.7. The van der Waals surface area contributed by atoms with Gasteiger partial charge in [0.25, 0.3) is 0 Å². The second-order valence-corrected chi connectivity index (χ2v) is 11.9. The van der Waals surface area contributed by atoms with Gasteiger partial charge in [0, 0.05) is 12.8 Å². The number of esters is 2. The fraction of sp³-hybridized carbons (Fsp3) is 0.581. The molecule has 0 heterocycles. The Labute approximate surface area is 294 Å². The fourth-order valence-electron chi connectivity index (χ4n) is 4.59. The molecule has 0 aliphatic heterocycles. The molecule has 270 valence electrons. The van der Waals surface area contributed by atoms with Crippen LogP contribution in [0.25, 0.3) is 0 Å². The summed E-state index contributed by atoms with van der Waals surface area (Å²) in [5.41, 5.74) is 0. The number of carbonyl (C=O) groups excluding carboxylic acids is 2. The van der Waals surface area contributed by atoms with Crippen molar-refractivity contribution in [2.45, 2.75) is 148 Å². The summed E-state index contributed by atoms with van der Waals surface area (Å²) in [6, 6.07) is 0. The molecule has 0 fully saturated rings. The van der Waals surface area contributed by atoms with E-state index >= 15 is 0 Å². The zero-order chi connectivity index (χ0) is 35.0. The molecule has 0 rings (SSSR count). The molecule has 0 aliphatic carbocycles. The first-order chi connectivity index (χ1) is 23.6. The van der Waals surface area contributed by atoms with Crippen molar-refractivity contribution < 1.29 is 24.2 Å². The minimum absolute atomic E-state index is 0.0955. The number of allylic oxidation sites excluding steroid dienone is 16. The Morgan fingerprint density at radius 1 is 0.479 bits per heavy atom. The van der Waals surface area contributed by atoms with Gasteiger partial charge >= 0.3 is 11.9 Å². The zero-order valence-electron chi connectivity index (χ0n) is 30.5. The van der Waals surface area contributed by atoms with Crippen LogP contribution in [-0.2, 0) is 19.1 Å².